The van der Waals surface area contributed by atoms with Crippen molar-refractivity contribution in [3.05, 3.63) is 23.8 Å². The van der Waals surface area contributed by atoms with E-state index in [-0.39, 0.29) is 11.7 Å². The lowest BCUT2D eigenvalue weighted by Crippen LogP contribution is -2.33. The molecule has 1 aromatic rings. The summed E-state index contributed by atoms with van der Waals surface area (Å²) >= 11 is 0. The molecule has 0 aliphatic rings. The van der Waals surface area contributed by atoms with Crippen LogP contribution in [0.2, 0.25) is 0 Å². The maximum absolute atomic E-state index is 13.5. The van der Waals surface area contributed by atoms with Gasteiger partial charge in [0.1, 0.15) is 4.90 Å². The normalized spacial score (nSPS) is 13.6. The largest absolute Gasteiger partial charge is 0.399 e. The summed E-state index contributed by atoms with van der Waals surface area (Å²) in [6.45, 7) is 3.55. The monoisotopic (exact) mass is 278 g/mol. The molecule has 4 nitrogen and oxygen atoms in total. The molecule has 7 heteroatoms. The highest BCUT2D eigenvalue weighted by Gasteiger charge is 2.24. The topological polar surface area (TPSA) is 72.2 Å². The SMILES string of the molecule is CCCC(C)NS(=O)(=O)c1cc(N)cc(F)c1F. The highest BCUT2D eigenvalue weighted by Crippen LogP contribution is 2.21. The fourth-order valence-corrected chi connectivity index (χ4v) is 3.00. The quantitative estimate of drug-likeness (QED) is 0.809. The molecule has 0 aliphatic heterocycles. The van der Waals surface area contributed by atoms with E-state index in [4.69, 9.17) is 5.73 Å². The lowest BCUT2D eigenvalue weighted by atomic mass is 10.2. The Labute approximate surface area is 105 Å². The van der Waals surface area contributed by atoms with Crippen LogP contribution < -0.4 is 10.5 Å². The first-order valence-electron chi connectivity index (χ1n) is 5.54. The molecule has 1 rings (SSSR count). The number of anilines is 1. The van der Waals surface area contributed by atoms with Crippen molar-refractivity contribution < 1.29 is 17.2 Å². The van der Waals surface area contributed by atoms with Crippen LogP contribution in [0.1, 0.15) is 26.7 Å². The van der Waals surface area contributed by atoms with Crippen molar-refractivity contribution in [2.45, 2.75) is 37.6 Å². The number of nitrogens with one attached hydrogen (secondary N) is 1. The molecular formula is C11H16F2N2O2S. The maximum Gasteiger partial charge on any atom is 0.243 e. The van der Waals surface area contributed by atoms with Gasteiger partial charge in [-0.25, -0.2) is 21.9 Å². The highest BCUT2D eigenvalue weighted by molar-refractivity contribution is 7.89. The third-order valence-corrected chi connectivity index (χ3v) is 3.97. The second-order valence-corrected chi connectivity index (χ2v) is 5.81. The van der Waals surface area contributed by atoms with Crippen LogP contribution in [-0.2, 0) is 10.0 Å². The third kappa shape index (κ3) is 3.39. The number of nitrogens with two attached hydrogens (primary N) is 1. The van der Waals surface area contributed by atoms with Crippen LogP contribution >= 0.6 is 0 Å². The predicted molar refractivity (Wildman–Crippen MR) is 65.5 cm³/mol. The predicted octanol–water partition coefficient (Wildman–Crippen LogP) is 2.01. The van der Waals surface area contributed by atoms with Crippen molar-refractivity contribution >= 4 is 15.7 Å². The molecular weight excluding hydrogens is 262 g/mol. The zero-order valence-corrected chi connectivity index (χ0v) is 11.0. The fraction of sp³-hybridized carbons (Fsp3) is 0.455. The number of benzene rings is 1. The summed E-state index contributed by atoms with van der Waals surface area (Å²) in [6.07, 6.45) is 1.38. The number of hydrogen-bond donors (Lipinski definition) is 2. The van der Waals surface area contributed by atoms with Crippen LogP contribution in [0.25, 0.3) is 0 Å². The molecule has 0 aromatic heterocycles. The Morgan fingerprint density at radius 1 is 1.39 bits per heavy atom. The minimum atomic E-state index is -4.10. The average Bonchev–Trinajstić information content (AvgIpc) is 2.22. The van der Waals surface area contributed by atoms with Crippen LogP contribution in [-0.4, -0.2) is 14.5 Å². The molecule has 0 aliphatic carbocycles. The number of halogens is 2. The van der Waals surface area contributed by atoms with Gasteiger partial charge in [0, 0.05) is 11.7 Å². The zero-order valence-electron chi connectivity index (χ0n) is 10.2. The van der Waals surface area contributed by atoms with Crippen LogP contribution in [0.15, 0.2) is 17.0 Å². The van der Waals surface area contributed by atoms with Crippen LogP contribution in [0.5, 0.6) is 0 Å². The van der Waals surface area contributed by atoms with E-state index < -0.39 is 26.6 Å². The number of hydrogen-bond acceptors (Lipinski definition) is 3. The van der Waals surface area contributed by atoms with Crippen molar-refractivity contribution in [3.63, 3.8) is 0 Å². The molecule has 0 fully saturated rings. The van der Waals surface area contributed by atoms with E-state index >= 15 is 0 Å². The van der Waals surface area contributed by atoms with Crippen molar-refractivity contribution in [2.24, 2.45) is 0 Å². The van der Waals surface area contributed by atoms with Crippen LogP contribution in [0.3, 0.4) is 0 Å². The van der Waals surface area contributed by atoms with Crippen LogP contribution in [0, 0.1) is 11.6 Å². The van der Waals surface area contributed by atoms with Crippen molar-refractivity contribution in [2.75, 3.05) is 5.73 Å². The third-order valence-electron chi connectivity index (χ3n) is 2.38. The smallest absolute Gasteiger partial charge is 0.243 e. The van der Waals surface area contributed by atoms with Crippen molar-refractivity contribution in [3.8, 4) is 0 Å². The first kappa shape index (κ1) is 14.8. The summed E-state index contributed by atoms with van der Waals surface area (Å²) in [5.74, 6) is -2.70. The molecule has 0 saturated heterocycles. The highest BCUT2D eigenvalue weighted by atomic mass is 32.2. The molecule has 1 atom stereocenters. The fourth-order valence-electron chi connectivity index (χ4n) is 1.60. The average molecular weight is 278 g/mol. The second-order valence-electron chi connectivity index (χ2n) is 4.13. The van der Waals surface area contributed by atoms with Crippen molar-refractivity contribution in [1.29, 1.82) is 0 Å². The maximum atomic E-state index is 13.5. The summed E-state index contributed by atoms with van der Waals surface area (Å²) in [7, 11) is -4.10. The summed E-state index contributed by atoms with van der Waals surface area (Å²) < 4.78 is 52.6. The van der Waals surface area contributed by atoms with Gasteiger partial charge in [0.05, 0.1) is 0 Å². The van der Waals surface area contributed by atoms with Crippen molar-refractivity contribution in [1.82, 2.24) is 4.72 Å². The molecule has 0 spiro atoms. The number of nitrogen functional groups attached to an aromatic ring is 1. The Morgan fingerprint density at radius 3 is 2.56 bits per heavy atom. The summed E-state index contributed by atoms with van der Waals surface area (Å²) in [5.41, 5.74) is 5.17. The molecule has 102 valence electrons. The molecule has 0 amide bonds. The van der Waals surface area contributed by atoms with Gasteiger partial charge in [0.15, 0.2) is 11.6 Å². The molecule has 1 aromatic carbocycles. The van der Waals surface area contributed by atoms with Gasteiger partial charge in [0.2, 0.25) is 10.0 Å². The summed E-state index contributed by atoms with van der Waals surface area (Å²) in [5, 5.41) is 0. The van der Waals surface area contributed by atoms with E-state index in [2.05, 4.69) is 4.72 Å². The Kier molecular flexibility index (Phi) is 4.64. The second kappa shape index (κ2) is 5.62. The Bertz CT molecular complexity index is 532. The standard InChI is InChI=1S/C11H16F2N2O2S/c1-3-4-7(2)15-18(16,17)10-6-8(14)5-9(12)11(10)13/h5-7,15H,3-4,14H2,1-2H3. The van der Waals surface area contributed by atoms with Gasteiger partial charge in [-0.15, -0.1) is 0 Å². The summed E-state index contributed by atoms with van der Waals surface area (Å²) in [4.78, 5) is -0.761. The minimum Gasteiger partial charge on any atom is -0.399 e. The van der Waals surface area contributed by atoms with E-state index in [0.29, 0.717) is 6.42 Å². The van der Waals surface area contributed by atoms with E-state index in [9.17, 15) is 17.2 Å². The molecule has 3 N–H and O–H groups in total. The van der Waals surface area contributed by atoms with Gasteiger partial charge in [-0.3, -0.25) is 0 Å². The van der Waals surface area contributed by atoms with E-state index in [1.54, 1.807) is 6.92 Å². The van der Waals surface area contributed by atoms with E-state index in [1.165, 1.54) is 0 Å². The molecule has 18 heavy (non-hydrogen) atoms. The van der Waals surface area contributed by atoms with Gasteiger partial charge in [-0.1, -0.05) is 13.3 Å². The van der Waals surface area contributed by atoms with Gasteiger partial charge >= 0.3 is 0 Å². The Balaban J connectivity index is 3.13. The minimum absolute atomic E-state index is 0.141. The molecule has 0 bridgehead atoms. The first-order valence-corrected chi connectivity index (χ1v) is 7.03. The molecule has 0 radical (unpaired) electrons. The van der Waals surface area contributed by atoms with E-state index in [1.807, 2.05) is 6.92 Å². The van der Waals surface area contributed by atoms with Gasteiger partial charge in [0.25, 0.3) is 0 Å². The van der Waals surface area contributed by atoms with E-state index in [0.717, 1.165) is 18.6 Å². The lowest BCUT2D eigenvalue weighted by Gasteiger charge is -2.14. The Hall–Kier alpha value is -1.21. The zero-order chi connectivity index (χ0) is 13.9. The number of rotatable bonds is 5. The molecule has 0 saturated carbocycles. The lowest BCUT2D eigenvalue weighted by molar-refractivity contribution is 0.480. The Morgan fingerprint density at radius 2 is 2.00 bits per heavy atom. The first-order chi connectivity index (χ1) is 8.27. The van der Waals surface area contributed by atoms with Gasteiger partial charge in [-0.05, 0) is 25.5 Å². The van der Waals surface area contributed by atoms with Crippen LogP contribution in [0.4, 0.5) is 14.5 Å². The summed E-state index contributed by atoms with van der Waals surface area (Å²) in [6, 6.07) is 1.28. The van der Waals surface area contributed by atoms with Gasteiger partial charge in [-0.2, -0.15) is 0 Å². The molecule has 0 heterocycles. The number of sulfonamides is 1. The van der Waals surface area contributed by atoms with Gasteiger partial charge < -0.3 is 5.73 Å². The molecule has 1 unspecified atom stereocenters.